The van der Waals surface area contributed by atoms with Crippen LogP contribution in [0, 0.1) is 0 Å². The van der Waals surface area contributed by atoms with E-state index in [0.29, 0.717) is 25.2 Å². The topological polar surface area (TPSA) is 58.8 Å². The number of piperidine rings is 1. The number of likely N-dealkylation sites (tertiary alicyclic amines) is 1. The maximum absolute atomic E-state index is 11.9. The monoisotopic (exact) mass is 257 g/mol. The first-order valence-electron chi connectivity index (χ1n) is 6.83. The van der Waals surface area contributed by atoms with Gasteiger partial charge in [0.1, 0.15) is 6.61 Å². The van der Waals surface area contributed by atoms with Gasteiger partial charge in [0.2, 0.25) is 5.91 Å². The number of likely N-dealkylation sites (N-methyl/N-ethyl adjacent to an activating group) is 1. The Hall–Kier alpha value is -0.650. The largest absolute Gasteiger partial charge is 0.370 e. The van der Waals surface area contributed by atoms with Crippen LogP contribution in [0.4, 0.5) is 0 Å². The van der Waals surface area contributed by atoms with Gasteiger partial charge in [0, 0.05) is 38.8 Å². The molecular formula is C13H27N3O2. The Morgan fingerprint density at radius 3 is 2.56 bits per heavy atom. The lowest BCUT2D eigenvalue weighted by Crippen LogP contribution is -2.48. The number of carbonyl (C=O) groups is 1. The number of hydrogen-bond acceptors (Lipinski definition) is 4. The molecule has 0 aromatic carbocycles. The highest BCUT2D eigenvalue weighted by atomic mass is 16.5. The summed E-state index contributed by atoms with van der Waals surface area (Å²) in [7, 11) is 1.88. The number of nitrogens with zero attached hydrogens (tertiary/aromatic N) is 2. The molecule has 1 amide bonds. The Kier molecular flexibility index (Phi) is 6.60. The minimum atomic E-state index is 0.0615. The van der Waals surface area contributed by atoms with Crippen molar-refractivity contribution in [3.63, 3.8) is 0 Å². The molecule has 0 aromatic rings. The Labute approximate surface area is 110 Å². The van der Waals surface area contributed by atoms with Crippen LogP contribution in [0.1, 0.15) is 26.7 Å². The molecule has 0 aromatic heterocycles. The third-order valence-corrected chi connectivity index (χ3v) is 3.66. The van der Waals surface area contributed by atoms with E-state index in [2.05, 4.69) is 18.7 Å². The van der Waals surface area contributed by atoms with Crippen LogP contribution in [-0.2, 0) is 9.53 Å². The number of hydrogen-bond donors (Lipinski definition) is 1. The molecule has 0 saturated carbocycles. The van der Waals surface area contributed by atoms with Gasteiger partial charge in [-0.3, -0.25) is 4.79 Å². The molecular weight excluding hydrogens is 230 g/mol. The molecule has 0 atom stereocenters. The number of amides is 1. The summed E-state index contributed by atoms with van der Waals surface area (Å²) in [6.45, 7) is 7.65. The quantitative estimate of drug-likeness (QED) is 0.695. The molecule has 1 rings (SSSR count). The fourth-order valence-electron chi connectivity index (χ4n) is 2.34. The molecule has 1 fully saturated rings. The van der Waals surface area contributed by atoms with Gasteiger partial charge in [-0.05, 0) is 26.7 Å². The molecule has 1 aliphatic rings. The van der Waals surface area contributed by atoms with Crippen molar-refractivity contribution in [3.8, 4) is 0 Å². The molecule has 18 heavy (non-hydrogen) atoms. The molecule has 0 radical (unpaired) electrons. The van der Waals surface area contributed by atoms with Gasteiger partial charge >= 0.3 is 0 Å². The number of nitrogens with two attached hydrogens (primary N) is 1. The van der Waals surface area contributed by atoms with Crippen molar-refractivity contribution in [2.75, 3.05) is 39.9 Å². The summed E-state index contributed by atoms with van der Waals surface area (Å²) in [6, 6.07) is 0.953. The van der Waals surface area contributed by atoms with Gasteiger partial charge in [-0.2, -0.15) is 0 Å². The zero-order valence-corrected chi connectivity index (χ0v) is 11.9. The molecule has 0 spiro atoms. The van der Waals surface area contributed by atoms with E-state index < -0.39 is 0 Å². The van der Waals surface area contributed by atoms with Crippen LogP contribution in [0.25, 0.3) is 0 Å². The Bertz CT molecular complexity index is 251. The van der Waals surface area contributed by atoms with Crippen molar-refractivity contribution < 1.29 is 9.53 Å². The molecule has 0 aliphatic carbocycles. The summed E-state index contributed by atoms with van der Waals surface area (Å²) in [5.41, 5.74) is 5.32. The van der Waals surface area contributed by atoms with Crippen LogP contribution in [0.2, 0.25) is 0 Å². The van der Waals surface area contributed by atoms with Gasteiger partial charge in [-0.1, -0.05) is 0 Å². The highest BCUT2D eigenvalue weighted by Crippen LogP contribution is 2.17. The Morgan fingerprint density at radius 1 is 1.44 bits per heavy atom. The van der Waals surface area contributed by atoms with Crippen molar-refractivity contribution in [3.05, 3.63) is 0 Å². The van der Waals surface area contributed by atoms with Crippen molar-refractivity contribution in [1.82, 2.24) is 9.80 Å². The first-order valence-corrected chi connectivity index (χ1v) is 6.83. The third kappa shape index (κ3) is 4.55. The summed E-state index contributed by atoms with van der Waals surface area (Å²) < 4.78 is 5.19. The molecule has 1 saturated heterocycles. The first kappa shape index (κ1) is 15.4. The lowest BCUT2D eigenvalue weighted by atomic mass is 10.0. The lowest BCUT2D eigenvalue weighted by Gasteiger charge is -2.38. The van der Waals surface area contributed by atoms with Gasteiger partial charge in [0.25, 0.3) is 0 Å². The first-order chi connectivity index (χ1) is 8.56. The molecule has 1 heterocycles. The summed E-state index contributed by atoms with van der Waals surface area (Å²) in [4.78, 5) is 16.2. The Balaban J connectivity index is 2.30. The lowest BCUT2D eigenvalue weighted by molar-refractivity contribution is -0.137. The molecule has 0 unspecified atom stereocenters. The second kappa shape index (κ2) is 7.71. The normalized spacial score (nSPS) is 18.3. The van der Waals surface area contributed by atoms with Crippen LogP contribution in [0.15, 0.2) is 0 Å². The van der Waals surface area contributed by atoms with Crippen molar-refractivity contribution in [1.29, 1.82) is 0 Å². The summed E-state index contributed by atoms with van der Waals surface area (Å²) in [6.07, 6.45) is 2.11. The minimum Gasteiger partial charge on any atom is -0.370 e. The van der Waals surface area contributed by atoms with Gasteiger partial charge < -0.3 is 20.3 Å². The summed E-state index contributed by atoms with van der Waals surface area (Å²) >= 11 is 0. The predicted molar refractivity (Wildman–Crippen MR) is 72.4 cm³/mol. The maximum atomic E-state index is 11.9. The van der Waals surface area contributed by atoms with Crippen LogP contribution < -0.4 is 5.73 Å². The zero-order chi connectivity index (χ0) is 13.5. The fraction of sp³-hybridized carbons (Fsp3) is 0.923. The van der Waals surface area contributed by atoms with E-state index in [1.807, 2.05) is 11.9 Å². The second-order valence-electron chi connectivity index (χ2n) is 5.21. The van der Waals surface area contributed by atoms with E-state index in [0.717, 1.165) is 25.9 Å². The molecule has 0 bridgehead atoms. The van der Waals surface area contributed by atoms with Gasteiger partial charge in [-0.25, -0.2) is 0 Å². The highest BCUT2D eigenvalue weighted by molar-refractivity contribution is 5.77. The predicted octanol–water partition coefficient (Wildman–Crippen LogP) is 0.293. The zero-order valence-electron chi connectivity index (χ0n) is 11.9. The number of ether oxygens (including phenoxy) is 1. The number of rotatable bonds is 6. The van der Waals surface area contributed by atoms with Gasteiger partial charge in [-0.15, -0.1) is 0 Å². The molecule has 1 aliphatic heterocycles. The third-order valence-electron chi connectivity index (χ3n) is 3.66. The maximum Gasteiger partial charge on any atom is 0.248 e. The van der Waals surface area contributed by atoms with Crippen molar-refractivity contribution in [2.24, 2.45) is 5.73 Å². The highest BCUT2D eigenvalue weighted by Gasteiger charge is 2.26. The van der Waals surface area contributed by atoms with E-state index in [1.54, 1.807) is 0 Å². The van der Waals surface area contributed by atoms with E-state index >= 15 is 0 Å². The van der Waals surface area contributed by atoms with Gasteiger partial charge in [0.15, 0.2) is 0 Å². The summed E-state index contributed by atoms with van der Waals surface area (Å²) in [5.74, 6) is 0.0615. The van der Waals surface area contributed by atoms with E-state index in [-0.39, 0.29) is 12.5 Å². The fourth-order valence-corrected chi connectivity index (χ4v) is 2.34. The van der Waals surface area contributed by atoms with E-state index in [1.165, 1.54) is 0 Å². The van der Waals surface area contributed by atoms with Gasteiger partial charge in [0.05, 0.1) is 6.61 Å². The smallest absolute Gasteiger partial charge is 0.248 e. The summed E-state index contributed by atoms with van der Waals surface area (Å²) in [5, 5.41) is 0. The average molecular weight is 257 g/mol. The average Bonchev–Trinajstić information content (AvgIpc) is 2.38. The SMILES string of the molecule is CC(C)N1CCC(N(C)C(=O)COCCN)CC1. The van der Waals surface area contributed by atoms with Crippen molar-refractivity contribution >= 4 is 5.91 Å². The molecule has 5 nitrogen and oxygen atoms in total. The standard InChI is InChI=1S/C13H27N3O2/c1-11(2)16-7-4-12(5-8-16)15(3)13(17)10-18-9-6-14/h11-12H,4-10,14H2,1-3H3. The van der Waals surface area contributed by atoms with E-state index in [4.69, 9.17) is 10.5 Å². The van der Waals surface area contributed by atoms with Crippen molar-refractivity contribution in [2.45, 2.75) is 38.8 Å². The van der Waals surface area contributed by atoms with Crippen LogP contribution in [0.3, 0.4) is 0 Å². The Morgan fingerprint density at radius 2 is 2.06 bits per heavy atom. The van der Waals surface area contributed by atoms with Crippen LogP contribution in [0.5, 0.6) is 0 Å². The molecule has 2 N–H and O–H groups in total. The molecule has 5 heteroatoms. The van der Waals surface area contributed by atoms with E-state index in [9.17, 15) is 4.79 Å². The van der Waals surface area contributed by atoms with Crippen LogP contribution >= 0.6 is 0 Å². The van der Waals surface area contributed by atoms with Crippen LogP contribution in [-0.4, -0.2) is 67.7 Å². The second-order valence-corrected chi connectivity index (χ2v) is 5.21. The number of carbonyl (C=O) groups excluding carboxylic acids is 1. The molecule has 106 valence electrons. The minimum absolute atomic E-state index is 0.0615.